The number of rotatable bonds is 4. The van der Waals surface area contributed by atoms with E-state index in [1.807, 2.05) is 44.2 Å². The van der Waals surface area contributed by atoms with Gasteiger partial charge in [-0.2, -0.15) is 0 Å². The van der Waals surface area contributed by atoms with Gasteiger partial charge in [-0.1, -0.05) is 29.8 Å². The summed E-state index contributed by atoms with van der Waals surface area (Å²) in [5.74, 6) is -0.472. The number of carbonyl (C=O) groups is 2. The third kappa shape index (κ3) is 4.57. The van der Waals surface area contributed by atoms with E-state index in [4.69, 9.17) is 11.6 Å². The summed E-state index contributed by atoms with van der Waals surface area (Å²) in [6, 6.07) is 12.8. The number of halogens is 1. The molecule has 0 bridgehead atoms. The lowest BCUT2D eigenvalue weighted by Crippen LogP contribution is -2.37. The fraction of sp³-hybridized carbons (Fsp3) is 0.222. The van der Waals surface area contributed by atoms with Gasteiger partial charge < -0.3 is 10.2 Å². The van der Waals surface area contributed by atoms with Crippen LogP contribution in [-0.4, -0.2) is 18.4 Å². The summed E-state index contributed by atoms with van der Waals surface area (Å²) in [5, 5.41) is 3.33. The molecule has 0 spiro atoms. The Morgan fingerprint density at radius 1 is 1.13 bits per heavy atom. The Morgan fingerprint density at radius 3 is 2.52 bits per heavy atom. The minimum atomic E-state index is -0.259. The van der Waals surface area contributed by atoms with Crippen molar-refractivity contribution in [2.75, 3.05) is 16.8 Å². The van der Waals surface area contributed by atoms with Crippen LogP contribution >= 0.6 is 11.6 Å². The molecule has 0 fully saturated rings. The average molecular weight is 331 g/mol. The Hall–Kier alpha value is -2.33. The van der Waals surface area contributed by atoms with Crippen LogP contribution in [0.5, 0.6) is 0 Å². The van der Waals surface area contributed by atoms with E-state index in [-0.39, 0.29) is 18.4 Å². The molecule has 5 heteroatoms. The van der Waals surface area contributed by atoms with Crippen molar-refractivity contribution in [3.63, 3.8) is 0 Å². The molecule has 0 saturated heterocycles. The van der Waals surface area contributed by atoms with Gasteiger partial charge in [-0.15, -0.1) is 0 Å². The van der Waals surface area contributed by atoms with Crippen molar-refractivity contribution in [1.82, 2.24) is 0 Å². The SMILES string of the molecule is CC(=O)N(CC(=O)Nc1cccc(C)c1)c1cc(Cl)ccc1C. The molecule has 0 unspecified atom stereocenters. The van der Waals surface area contributed by atoms with Gasteiger partial charge >= 0.3 is 0 Å². The number of benzene rings is 2. The topological polar surface area (TPSA) is 49.4 Å². The van der Waals surface area contributed by atoms with Crippen LogP contribution in [0.3, 0.4) is 0 Å². The van der Waals surface area contributed by atoms with E-state index >= 15 is 0 Å². The van der Waals surface area contributed by atoms with Crippen LogP contribution in [0.15, 0.2) is 42.5 Å². The van der Waals surface area contributed by atoms with Gasteiger partial charge in [0, 0.05) is 23.3 Å². The predicted molar refractivity (Wildman–Crippen MR) is 94.0 cm³/mol. The molecule has 120 valence electrons. The first-order valence-corrected chi connectivity index (χ1v) is 7.65. The third-order valence-corrected chi connectivity index (χ3v) is 3.68. The Bertz CT molecular complexity index is 744. The van der Waals surface area contributed by atoms with Crippen LogP contribution in [-0.2, 0) is 9.59 Å². The number of aryl methyl sites for hydroxylation is 2. The highest BCUT2D eigenvalue weighted by Gasteiger charge is 2.18. The van der Waals surface area contributed by atoms with Gasteiger partial charge in [0.2, 0.25) is 11.8 Å². The van der Waals surface area contributed by atoms with Crippen LogP contribution in [0.1, 0.15) is 18.1 Å². The van der Waals surface area contributed by atoms with E-state index in [0.29, 0.717) is 16.4 Å². The fourth-order valence-electron chi connectivity index (χ4n) is 2.31. The van der Waals surface area contributed by atoms with E-state index in [1.165, 1.54) is 11.8 Å². The van der Waals surface area contributed by atoms with E-state index in [2.05, 4.69) is 5.32 Å². The summed E-state index contributed by atoms with van der Waals surface area (Å²) in [7, 11) is 0. The highest BCUT2D eigenvalue weighted by Crippen LogP contribution is 2.24. The lowest BCUT2D eigenvalue weighted by Gasteiger charge is -2.23. The summed E-state index contributed by atoms with van der Waals surface area (Å²) in [4.78, 5) is 25.6. The predicted octanol–water partition coefficient (Wildman–Crippen LogP) is 3.95. The second-order valence-corrected chi connectivity index (χ2v) is 5.89. The number of amides is 2. The van der Waals surface area contributed by atoms with Crippen LogP contribution in [0, 0.1) is 13.8 Å². The number of hydrogen-bond acceptors (Lipinski definition) is 2. The number of nitrogens with zero attached hydrogens (tertiary/aromatic N) is 1. The van der Waals surface area contributed by atoms with Crippen molar-refractivity contribution in [3.05, 3.63) is 58.6 Å². The summed E-state index contributed by atoms with van der Waals surface area (Å²) >= 11 is 6.01. The summed E-state index contributed by atoms with van der Waals surface area (Å²) in [6.07, 6.45) is 0. The highest BCUT2D eigenvalue weighted by atomic mass is 35.5. The highest BCUT2D eigenvalue weighted by molar-refractivity contribution is 6.31. The first-order valence-electron chi connectivity index (χ1n) is 7.27. The van der Waals surface area contributed by atoms with Crippen molar-refractivity contribution in [3.8, 4) is 0 Å². The van der Waals surface area contributed by atoms with Crippen molar-refractivity contribution >= 4 is 34.8 Å². The molecule has 0 saturated carbocycles. The Balaban J connectivity index is 2.18. The third-order valence-electron chi connectivity index (χ3n) is 3.45. The molecule has 2 amide bonds. The molecule has 1 N–H and O–H groups in total. The smallest absolute Gasteiger partial charge is 0.244 e. The molecule has 2 aromatic rings. The maximum absolute atomic E-state index is 12.3. The minimum absolute atomic E-state index is 0.0650. The van der Waals surface area contributed by atoms with Gasteiger partial charge in [0.05, 0.1) is 0 Å². The second-order valence-electron chi connectivity index (χ2n) is 5.45. The van der Waals surface area contributed by atoms with Crippen LogP contribution in [0.25, 0.3) is 0 Å². The van der Waals surface area contributed by atoms with Gasteiger partial charge in [-0.05, 0) is 49.2 Å². The van der Waals surface area contributed by atoms with Crippen molar-refractivity contribution in [2.45, 2.75) is 20.8 Å². The molecule has 0 heterocycles. The molecule has 4 nitrogen and oxygen atoms in total. The minimum Gasteiger partial charge on any atom is -0.325 e. The number of nitrogens with one attached hydrogen (secondary N) is 1. The maximum atomic E-state index is 12.3. The zero-order valence-electron chi connectivity index (χ0n) is 13.4. The summed E-state index contributed by atoms with van der Waals surface area (Å²) in [5.41, 5.74) is 3.29. The summed E-state index contributed by atoms with van der Waals surface area (Å²) < 4.78 is 0. The molecule has 23 heavy (non-hydrogen) atoms. The molecular formula is C18H19ClN2O2. The normalized spacial score (nSPS) is 10.3. The maximum Gasteiger partial charge on any atom is 0.244 e. The fourth-order valence-corrected chi connectivity index (χ4v) is 2.47. The lowest BCUT2D eigenvalue weighted by molar-refractivity contribution is -0.120. The number of carbonyl (C=O) groups excluding carboxylic acids is 2. The van der Waals surface area contributed by atoms with Crippen molar-refractivity contribution in [2.24, 2.45) is 0 Å². The van der Waals surface area contributed by atoms with Gasteiger partial charge in [-0.3, -0.25) is 9.59 Å². The molecule has 0 atom stereocenters. The second kappa shape index (κ2) is 7.29. The van der Waals surface area contributed by atoms with E-state index in [9.17, 15) is 9.59 Å². The average Bonchev–Trinajstić information content (AvgIpc) is 2.47. The van der Waals surface area contributed by atoms with Gasteiger partial charge in [0.1, 0.15) is 6.54 Å². The number of hydrogen-bond donors (Lipinski definition) is 1. The van der Waals surface area contributed by atoms with Crippen molar-refractivity contribution < 1.29 is 9.59 Å². The molecule has 2 aromatic carbocycles. The standard InChI is InChI=1S/C18H19ClN2O2/c1-12-5-4-6-16(9-12)20-18(23)11-21(14(3)22)17-10-15(19)8-7-13(17)2/h4-10H,11H2,1-3H3,(H,20,23). The zero-order chi connectivity index (χ0) is 17.0. The molecule has 0 aliphatic heterocycles. The van der Waals surface area contributed by atoms with E-state index < -0.39 is 0 Å². The van der Waals surface area contributed by atoms with Gasteiger partial charge in [-0.25, -0.2) is 0 Å². The van der Waals surface area contributed by atoms with Crippen LogP contribution in [0.2, 0.25) is 5.02 Å². The first kappa shape index (κ1) is 17.0. The van der Waals surface area contributed by atoms with E-state index in [0.717, 1.165) is 11.1 Å². The Morgan fingerprint density at radius 2 is 1.87 bits per heavy atom. The Labute approximate surface area is 141 Å². The Kier molecular flexibility index (Phi) is 5.40. The quantitative estimate of drug-likeness (QED) is 0.922. The molecular weight excluding hydrogens is 312 g/mol. The largest absolute Gasteiger partial charge is 0.325 e. The van der Waals surface area contributed by atoms with Crippen LogP contribution in [0.4, 0.5) is 11.4 Å². The monoisotopic (exact) mass is 330 g/mol. The van der Waals surface area contributed by atoms with Gasteiger partial charge in [0.15, 0.2) is 0 Å². The molecule has 0 radical (unpaired) electrons. The van der Waals surface area contributed by atoms with E-state index in [1.54, 1.807) is 12.1 Å². The summed E-state index contributed by atoms with van der Waals surface area (Å²) in [6.45, 7) is 5.19. The lowest BCUT2D eigenvalue weighted by atomic mass is 10.1. The first-order chi connectivity index (χ1) is 10.9. The number of anilines is 2. The zero-order valence-corrected chi connectivity index (χ0v) is 14.1. The molecule has 0 aliphatic carbocycles. The van der Waals surface area contributed by atoms with Crippen molar-refractivity contribution in [1.29, 1.82) is 0 Å². The molecule has 2 rings (SSSR count). The van der Waals surface area contributed by atoms with Crippen LogP contribution < -0.4 is 10.2 Å². The molecule has 0 aliphatic rings. The van der Waals surface area contributed by atoms with Gasteiger partial charge in [0.25, 0.3) is 0 Å². The molecule has 0 aromatic heterocycles.